The van der Waals surface area contributed by atoms with Crippen LogP contribution in [-0.4, -0.2) is 40.4 Å². The molecule has 0 saturated heterocycles. The summed E-state index contributed by atoms with van der Waals surface area (Å²) in [6.07, 6.45) is 1.31. The van der Waals surface area contributed by atoms with Crippen LogP contribution in [0, 0.1) is 5.41 Å². The quantitative estimate of drug-likeness (QED) is 0.731. The van der Waals surface area contributed by atoms with Crippen LogP contribution < -0.4 is 9.47 Å². The van der Waals surface area contributed by atoms with Crippen LogP contribution in [0.4, 0.5) is 0 Å². The minimum atomic E-state index is -0.837. The van der Waals surface area contributed by atoms with Crippen LogP contribution in [-0.2, 0) is 25.5 Å². The molecule has 0 spiro atoms. The maximum Gasteiger partial charge on any atom is 0.312 e. The lowest BCUT2D eigenvalue weighted by Gasteiger charge is -2.40. The van der Waals surface area contributed by atoms with Gasteiger partial charge in [-0.05, 0) is 43.0 Å². The second-order valence-electron chi connectivity index (χ2n) is 7.27. The average Bonchev–Trinajstić information content (AvgIpc) is 2.73. The highest BCUT2D eigenvalue weighted by atomic mass is 16.5. The molecule has 0 fully saturated rings. The highest BCUT2D eigenvalue weighted by molar-refractivity contribution is 5.97. The number of hydrogen-bond donors (Lipinski definition) is 0. The van der Waals surface area contributed by atoms with Crippen LogP contribution in [0.3, 0.4) is 0 Å². The fourth-order valence-corrected chi connectivity index (χ4v) is 4.38. The van der Waals surface area contributed by atoms with Gasteiger partial charge in [0.15, 0.2) is 0 Å². The lowest BCUT2D eigenvalue weighted by Crippen LogP contribution is -2.40. The zero-order chi connectivity index (χ0) is 20.5. The summed E-state index contributed by atoms with van der Waals surface area (Å²) >= 11 is 0. The predicted molar refractivity (Wildman–Crippen MR) is 105 cm³/mol. The minimum absolute atomic E-state index is 0.0823. The molecule has 2 aromatic rings. The van der Waals surface area contributed by atoms with Gasteiger partial charge in [0.1, 0.15) is 11.5 Å². The van der Waals surface area contributed by atoms with Crippen molar-refractivity contribution in [3.63, 3.8) is 0 Å². The second kappa shape index (κ2) is 7.70. The third kappa shape index (κ3) is 3.07. The highest BCUT2D eigenvalue weighted by Crippen LogP contribution is 2.52. The van der Waals surface area contributed by atoms with E-state index in [2.05, 4.69) is 0 Å². The Hall–Kier alpha value is -2.76. The molecule has 0 saturated carbocycles. The van der Waals surface area contributed by atoms with E-state index >= 15 is 0 Å². The number of aryl methyl sites for hydroxylation is 1. The van der Waals surface area contributed by atoms with Crippen molar-refractivity contribution in [3.8, 4) is 11.5 Å². The van der Waals surface area contributed by atoms with Gasteiger partial charge in [0.05, 0.1) is 40.3 Å². The average molecular weight is 386 g/mol. The number of carbonyl (C=O) groups is 2. The van der Waals surface area contributed by atoms with E-state index in [1.807, 2.05) is 31.2 Å². The van der Waals surface area contributed by atoms with Crippen LogP contribution >= 0.6 is 0 Å². The number of hydrogen-bond acceptors (Lipinski definition) is 6. The van der Waals surface area contributed by atoms with Gasteiger partial charge in [-0.1, -0.05) is 12.1 Å². The lowest BCUT2D eigenvalue weighted by molar-refractivity contribution is -0.155. The summed E-state index contributed by atoms with van der Waals surface area (Å²) in [6, 6.07) is 7.75. The zero-order valence-electron chi connectivity index (χ0n) is 17.0. The number of esters is 2. The van der Waals surface area contributed by atoms with Gasteiger partial charge in [-0.2, -0.15) is 0 Å². The van der Waals surface area contributed by atoms with Crippen molar-refractivity contribution in [1.82, 2.24) is 0 Å². The van der Waals surface area contributed by atoms with Crippen LogP contribution in [0.2, 0.25) is 0 Å². The van der Waals surface area contributed by atoms with Gasteiger partial charge in [-0.15, -0.1) is 0 Å². The second-order valence-corrected chi connectivity index (χ2v) is 7.27. The van der Waals surface area contributed by atoms with Gasteiger partial charge in [-0.3, -0.25) is 9.59 Å². The first-order valence-corrected chi connectivity index (χ1v) is 9.23. The highest BCUT2D eigenvalue weighted by Gasteiger charge is 2.48. The molecule has 0 bridgehead atoms. The summed E-state index contributed by atoms with van der Waals surface area (Å²) in [7, 11) is 5.97. The first kappa shape index (κ1) is 20.0. The van der Waals surface area contributed by atoms with Crippen LogP contribution in [0.25, 0.3) is 10.8 Å². The Bertz CT molecular complexity index is 919. The summed E-state index contributed by atoms with van der Waals surface area (Å²) in [5.74, 6) is 0.334. The molecule has 0 heterocycles. The Labute approximate surface area is 164 Å². The molecule has 150 valence electrons. The summed E-state index contributed by atoms with van der Waals surface area (Å²) in [5, 5.41) is 1.90. The first-order valence-electron chi connectivity index (χ1n) is 9.23. The molecule has 0 N–H and O–H groups in total. The SMILES string of the molecule is COC(=O)C[C@H]1c2cc(OC)c3cccc(OC)c3c2CC[C@]1(C)C(=O)OC. The van der Waals surface area contributed by atoms with Crippen molar-refractivity contribution in [2.75, 3.05) is 28.4 Å². The molecule has 28 heavy (non-hydrogen) atoms. The third-order valence-corrected chi connectivity index (χ3v) is 5.96. The molecule has 0 radical (unpaired) electrons. The Balaban J connectivity index is 2.32. The van der Waals surface area contributed by atoms with E-state index in [-0.39, 0.29) is 24.3 Å². The molecule has 6 nitrogen and oxygen atoms in total. The third-order valence-electron chi connectivity index (χ3n) is 5.96. The molecule has 0 unspecified atom stereocenters. The zero-order valence-corrected chi connectivity index (χ0v) is 17.0. The van der Waals surface area contributed by atoms with Gasteiger partial charge >= 0.3 is 11.9 Å². The summed E-state index contributed by atoms with van der Waals surface area (Å²) < 4.78 is 21.3. The summed E-state index contributed by atoms with van der Waals surface area (Å²) in [6.45, 7) is 1.86. The molecule has 1 aliphatic rings. The van der Waals surface area contributed by atoms with E-state index in [1.54, 1.807) is 14.2 Å². The number of benzene rings is 2. The molecule has 0 aliphatic heterocycles. The van der Waals surface area contributed by atoms with Crippen molar-refractivity contribution < 1.29 is 28.5 Å². The predicted octanol–water partition coefficient (Wildman–Crippen LogP) is 3.63. The monoisotopic (exact) mass is 386 g/mol. The van der Waals surface area contributed by atoms with Gasteiger partial charge in [0, 0.05) is 16.7 Å². The van der Waals surface area contributed by atoms with E-state index in [9.17, 15) is 9.59 Å². The van der Waals surface area contributed by atoms with E-state index < -0.39 is 5.41 Å². The number of ether oxygens (including phenoxy) is 4. The molecule has 2 atom stereocenters. The first-order chi connectivity index (χ1) is 13.4. The smallest absolute Gasteiger partial charge is 0.312 e. The number of methoxy groups -OCH3 is 4. The van der Waals surface area contributed by atoms with E-state index in [1.165, 1.54) is 14.2 Å². The van der Waals surface area contributed by atoms with Crippen LogP contribution in [0.15, 0.2) is 24.3 Å². The van der Waals surface area contributed by atoms with Crippen molar-refractivity contribution in [3.05, 3.63) is 35.4 Å². The molecule has 6 heteroatoms. The molecular formula is C22H26O6. The maximum atomic E-state index is 12.7. The number of rotatable bonds is 5. The van der Waals surface area contributed by atoms with E-state index in [0.717, 1.165) is 27.6 Å². The Morgan fingerprint density at radius 2 is 1.79 bits per heavy atom. The van der Waals surface area contributed by atoms with Gasteiger partial charge in [0.25, 0.3) is 0 Å². The minimum Gasteiger partial charge on any atom is -0.496 e. The van der Waals surface area contributed by atoms with Crippen molar-refractivity contribution >= 4 is 22.7 Å². The normalized spacial score (nSPS) is 21.0. The molecule has 2 aromatic carbocycles. The van der Waals surface area contributed by atoms with Gasteiger partial charge in [-0.25, -0.2) is 0 Å². The fraction of sp³-hybridized carbons (Fsp3) is 0.455. The van der Waals surface area contributed by atoms with Crippen molar-refractivity contribution in [2.45, 2.75) is 32.1 Å². The Kier molecular flexibility index (Phi) is 5.49. The van der Waals surface area contributed by atoms with Crippen LogP contribution in [0.1, 0.15) is 36.8 Å². The Morgan fingerprint density at radius 1 is 1.07 bits per heavy atom. The maximum absolute atomic E-state index is 12.7. The van der Waals surface area contributed by atoms with Gasteiger partial charge in [0.2, 0.25) is 0 Å². The van der Waals surface area contributed by atoms with E-state index in [0.29, 0.717) is 18.6 Å². The fourth-order valence-electron chi connectivity index (χ4n) is 4.38. The van der Waals surface area contributed by atoms with E-state index in [4.69, 9.17) is 18.9 Å². The largest absolute Gasteiger partial charge is 0.496 e. The standard InChI is InChI=1S/C22H26O6/c1-22(21(24)28-5)10-9-13-15(16(22)12-19(23)27-4)11-18(26-3)14-7-6-8-17(25-2)20(13)14/h6-8,11,16H,9-10,12H2,1-5H3/t16-,22-/m0/s1. The topological polar surface area (TPSA) is 71.1 Å². The van der Waals surface area contributed by atoms with Gasteiger partial charge < -0.3 is 18.9 Å². The Morgan fingerprint density at radius 3 is 2.39 bits per heavy atom. The molecular weight excluding hydrogens is 360 g/mol. The molecule has 1 aliphatic carbocycles. The summed E-state index contributed by atoms with van der Waals surface area (Å²) in [5.41, 5.74) is 1.14. The number of carbonyl (C=O) groups excluding carboxylic acids is 2. The van der Waals surface area contributed by atoms with Crippen LogP contribution in [0.5, 0.6) is 11.5 Å². The van der Waals surface area contributed by atoms with Crippen molar-refractivity contribution in [1.29, 1.82) is 0 Å². The number of fused-ring (bicyclic) bond motifs is 3. The molecule has 0 aromatic heterocycles. The lowest BCUT2D eigenvalue weighted by atomic mass is 9.63. The summed E-state index contributed by atoms with van der Waals surface area (Å²) in [4.78, 5) is 24.9. The molecule has 0 amide bonds. The van der Waals surface area contributed by atoms with Crippen molar-refractivity contribution in [2.24, 2.45) is 5.41 Å². The molecule has 3 rings (SSSR count).